The molecule has 0 spiro atoms. The van der Waals surface area contributed by atoms with Gasteiger partial charge in [0.05, 0.1) is 5.41 Å². The Morgan fingerprint density at radius 2 is 2.38 bits per heavy atom. The minimum Gasteiger partial charge on any atom is -0.481 e. The summed E-state index contributed by atoms with van der Waals surface area (Å²) in [5.41, 5.74) is 0.553. The van der Waals surface area contributed by atoms with Crippen molar-refractivity contribution in [1.29, 1.82) is 0 Å². The summed E-state index contributed by atoms with van der Waals surface area (Å²) in [5.74, 6) is -0.282. The van der Waals surface area contributed by atoms with Gasteiger partial charge in [-0.15, -0.1) is 0 Å². The Morgan fingerprint density at radius 1 is 1.69 bits per heavy atom. The van der Waals surface area contributed by atoms with Gasteiger partial charge in [-0.25, -0.2) is 0 Å². The van der Waals surface area contributed by atoms with Crippen molar-refractivity contribution >= 4 is 5.97 Å². The highest BCUT2D eigenvalue weighted by molar-refractivity contribution is 5.75. The zero-order valence-electron chi connectivity index (χ0n) is 9.81. The van der Waals surface area contributed by atoms with E-state index in [0.29, 0.717) is 12.3 Å². The number of hydrogen-bond donors (Lipinski definition) is 1. The Hall–Kier alpha value is -1.32. The van der Waals surface area contributed by atoms with Crippen molar-refractivity contribution in [1.82, 2.24) is 9.78 Å². The normalized spacial score (nSPS) is 19.4. The molecule has 1 aromatic heterocycles. The Balaban J connectivity index is 2.02. The smallest absolute Gasteiger partial charge is 0.309 e. The van der Waals surface area contributed by atoms with Gasteiger partial charge in [-0.3, -0.25) is 9.48 Å². The Labute approximate surface area is 95.3 Å². The van der Waals surface area contributed by atoms with Crippen LogP contribution in [0.15, 0.2) is 12.3 Å². The van der Waals surface area contributed by atoms with E-state index in [2.05, 4.69) is 5.10 Å². The molecule has 1 N–H and O–H groups in total. The fourth-order valence-electron chi connectivity index (χ4n) is 2.24. The van der Waals surface area contributed by atoms with Gasteiger partial charge in [0.1, 0.15) is 0 Å². The number of aryl methyl sites for hydroxylation is 2. The molecule has 4 nitrogen and oxygen atoms in total. The maximum Gasteiger partial charge on any atom is 0.309 e. The molecule has 0 aromatic carbocycles. The van der Waals surface area contributed by atoms with Crippen LogP contribution in [0.4, 0.5) is 0 Å². The average molecular weight is 222 g/mol. The molecule has 1 aliphatic rings. The van der Waals surface area contributed by atoms with Crippen molar-refractivity contribution in [2.75, 3.05) is 0 Å². The van der Waals surface area contributed by atoms with Crippen molar-refractivity contribution in [2.45, 2.75) is 32.6 Å². The van der Waals surface area contributed by atoms with E-state index >= 15 is 0 Å². The van der Waals surface area contributed by atoms with Crippen LogP contribution in [-0.4, -0.2) is 20.9 Å². The SMILES string of the molecule is Cn1nccc1CCC(C)(C(=O)O)C1CC1. The van der Waals surface area contributed by atoms with Crippen LogP contribution in [-0.2, 0) is 18.3 Å². The average Bonchev–Trinajstić information content (AvgIpc) is 3.00. The molecule has 0 aliphatic heterocycles. The summed E-state index contributed by atoms with van der Waals surface area (Å²) in [6, 6.07) is 1.95. The Kier molecular flexibility index (Phi) is 2.74. The number of carbonyl (C=O) groups is 1. The van der Waals surface area contributed by atoms with Crippen LogP contribution >= 0.6 is 0 Å². The lowest BCUT2D eigenvalue weighted by atomic mass is 9.80. The van der Waals surface area contributed by atoms with Gasteiger partial charge in [0.2, 0.25) is 0 Å². The van der Waals surface area contributed by atoms with Crippen molar-refractivity contribution in [3.8, 4) is 0 Å². The first-order valence-electron chi connectivity index (χ1n) is 5.74. The topological polar surface area (TPSA) is 55.1 Å². The van der Waals surface area contributed by atoms with Crippen LogP contribution in [0.5, 0.6) is 0 Å². The van der Waals surface area contributed by atoms with Gasteiger partial charge in [0, 0.05) is 18.9 Å². The van der Waals surface area contributed by atoms with E-state index in [4.69, 9.17) is 0 Å². The molecule has 0 amide bonds. The van der Waals surface area contributed by atoms with Crippen molar-refractivity contribution in [2.24, 2.45) is 18.4 Å². The largest absolute Gasteiger partial charge is 0.481 e. The second kappa shape index (κ2) is 3.92. The van der Waals surface area contributed by atoms with E-state index in [-0.39, 0.29) is 0 Å². The van der Waals surface area contributed by atoms with Crippen LogP contribution in [0.1, 0.15) is 31.9 Å². The monoisotopic (exact) mass is 222 g/mol. The highest BCUT2D eigenvalue weighted by atomic mass is 16.4. The predicted octanol–water partition coefficient (Wildman–Crippen LogP) is 1.85. The number of aliphatic carboxylic acids is 1. The molecular formula is C12H18N2O2. The third kappa shape index (κ3) is 1.96. The fourth-order valence-corrected chi connectivity index (χ4v) is 2.24. The minimum absolute atomic E-state index is 0.373. The van der Waals surface area contributed by atoms with E-state index in [0.717, 1.165) is 25.0 Å². The molecule has 1 fully saturated rings. The third-order valence-corrected chi connectivity index (χ3v) is 3.79. The Morgan fingerprint density at radius 3 is 2.81 bits per heavy atom. The maximum absolute atomic E-state index is 11.3. The number of carboxylic acids is 1. The highest BCUT2D eigenvalue weighted by Crippen LogP contribution is 2.48. The number of rotatable bonds is 5. The van der Waals surface area contributed by atoms with E-state index in [1.807, 2.05) is 24.7 Å². The van der Waals surface area contributed by atoms with E-state index < -0.39 is 11.4 Å². The molecule has 2 rings (SSSR count). The second-order valence-electron chi connectivity index (χ2n) is 4.94. The first-order valence-corrected chi connectivity index (χ1v) is 5.74. The summed E-state index contributed by atoms with van der Waals surface area (Å²) in [7, 11) is 1.89. The number of nitrogens with zero attached hydrogens (tertiary/aromatic N) is 2. The maximum atomic E-state index is 11.3. The lowest BCUT2D eigenvalue weighted by Gasteiger charge is -2.24. The van der Waals surface area contributed by atoms with Crippen LogP contribution in [0.25, 0.3) is 0 Å². The second-order valence-corrected chi connectivity index (χ2v) is 4.94. The predicted molar refractivity (Wildman–Crippen MR) is 60.0 cm³/mol. The summed E-state index contributed by atoms with van der Waals surface area (Å²) in [4.78, 5) is 11.3. The number of aromatic nitrogens is 2. The van der Waals surface area contributed by atoms with Crippen molar-refractivity contribution in [3.05, 3.63) is 18.0 Å². The lowest BCUT2D eigenvalue weighted by Crippen LogP contribution is -2.30. The van der Waals surface area contributed by atoms with Crippen molar-refractivity contribution < 1.29 is 9.90 Å². The molecule has 1 heterocycles. The van der Waals surface area contributed by atoms with Crippen LogP contribution in [0.2, 0.25) is 0 Å². The molecular weight excluding hydrogens is 204 g/mol. The van der Waals surface area contributed by atoms with Gasteiger partial charge in [0.25, 0.3) is 0 Å². The molecule has 1 aliphatic carbocycles. The summed E-state index contributed by atoms with van der Waals surface area (Å²) in [6.45, 7) is 1.88. The molecule has 1 atom stereocenters. The summed E-state index contributed by atoms with van der Waals surface area (Å²) in [5, 5.41) is 13.4. The quantitative estimate of drug-likeness (QED) is 0.827. The molecule has 88 valence electrons. The summed E-state index contributed by atoms with van der Waals surface area (Å²) in [6.07, 6.45) is 5.37. The van der Waals surface area contributed by atoms with E-state index in [1.54, 1.807) is 6.20 Å². The van der Waals surface area contributed by atoms with E-state index in [9.17, 15) is 9.90 Å². The van der Waals surface area contributed by atoms with Crippen LogP contribution in [0.3, 0.4) is 0 Å². The third-order valence-electron chi connectivity index (χ3n) is 3.79. The molecule has 0 radical (unpaired) electrons. The molecule has 1 unspecified atom stereocenters. The van der Waals surface area contributed by atoms with Gasteiger partial charge < -0.3 is 5.11 Å². The lowest BCUT2D eigenvalue weighted by molar-refractivity contribution is -0.149. The molecule has 0 saturated heterocycles. The molecule has 1 saturated carbocycles. The molecule has 16 heavy (non-hydrogen) atoms. The van der Waals surface area contributed by atoms with E-state index in [1.165, 1.54) is 0 Å². The zero-order chi connectivity index (χ0) is 11.8. The van der Waals surface area contributed by atoms with Gasteiger partial charge in [-0.05, 0) is 44.6 Å². The standard InChI is InChI=1S/C12H18N2O2/c1-12(11(15)16,9-3-4-9)7-5-10-6-8-13-14(10)2/h6,8-9H,3-5,7H2,1-2H3,(H,15,16). The van der Waals surface area contributed by atoms with Crippen LogP contribution in [0, 0.1) is 11.3 Å². The van der Waals surface area contributed by atoms with Crippen LogP contribution < -0.4 is 0 Å². The molecule has 0 bridgehead atoms. The van der Waals surface area contributed by atoms with Gasteiger partial charge in [-0.1, -0.05) is 0 Å². The zero-order valence-corrected chi connectivity index (χ0v) is 9.81. The fraction of sp³-hybridized carbons (Fsp3) is 0.667. The molecule has 4 heteroatoms. The first kappa shape index (κ1) is 11.2. The first-order chi connectivity index (χ1) is 7.54. The summed E-state index contributed by atoms with van der Waals surface area (Å²) >= 11 is 0. The van der Waals surface area contributed by atoms with Gasteiger partial charge in [0.15, 0.2) is 0 Å². The minimum atomic E-state index is -0.655. The number of carboxylic acid groups (broad SMARTS) is 1. The van der Waals surface area contributed by atoms with Crippen molar-refractivity contribution in [3.63, 3.8) is 0 Å². The Bertz CT molecular complexity index is 395. The van der Waals surface area contributed by atoms with Gasteiger partial charge in [-0.2, -0.15) is 5.10 Å². The summed E-state index contributed by atoms with van der Waals surface area (Å²) < 4.78 is 1.81. The highest BCUT2D eigenvalue weighted by Gasteiger charge is 2.46. The number of hydrogen-bond acceptors (Lipinski definition) is 2. The van der Waals surface area contributed by atoms with Gasteiger partial charge >= 0.3 is 5.97 Å². The molecule has 1 aromatic rings.